The molecule has 5 rings (SSSR count). The molecular weight excluding hydrogens is 454 g/mol. The van der Waals surface area contributed by atoms with Crippen molar-refractivity contribution in [2.45, 2.75) is 50.7 Å². The number of hydrogen-bond donors (Lipinski definition) is 1. The third-order valence-corrected chi connectivity index (χ3v) is 9.01. The molecule has 2 atom stereocenters. The van der Waals surface area contributed by atoms with Gasteiger partial charge in [-0.1, -0.05) is 24.3 Å². The number of fused-ring (bicyclic) bond motifs is 2. The first-order valence-corrected chi connectivity index (χ1v) is 13.2. The van der Waals surface area contributed by atoms with Gasteiger partial charge in [-0.05, 0) is 55.9 Å². The van der Waals surface area contributed by atoms with Crippen LogP contribution in [0.2, 0.25) is 0 Å². The summed E-state index contributed by atoms with van der Waals surface area (Å²) in [6.45, 7) is 5.10. The molecule has 2 amide bonds. The van der Waals surface area contributed by atoms with E-state index in [-0.39, 0.29) is 29.2 Å². The topological polar surface area (TPSA) is 96.0 Å². The minimum Gasteiger partial charge on any atom is -0.479 e. The number of amides is 2. The molecule has 0 aromatic heterocycles. The number of aryl methyl sites for hydroxylation is 1. The Morgan fingerprint density at radius 2 is 1.91 bits per heavy atom. The van der Waals surface area contributed by atoms with E-state index in [9.17, 15) is 18.0 Å². The molecule has 34 heavy (non-hydrogen) atoms. The summed E-state index contributed by atoms with van der Waals surface area (Å²) in [4.78, 5) is 27.3. The molecule has 0 spiro atoms. The minimum atomic E-state index is -3.83. The lowest BCUT2D eigenvalue weighted by Crippen LogP contribution is -2.47. The van der Waals surface area contributed by atoms with E-state index in [4.69, 9.17) is 4.74 Å². The molecule has 9 heteroatoms. The maximum absolute atomic E-state index is 13.6. The first-order valence-electron chi connectivity index (χ1n) is 11.7. The standard InChI is InChI=1S/C25H29N3O5S/c1-16-12-21-22(33-17(2)24(29)26-21)13-23(16)34(31,32)28-10-5-8-20(15-28)25(30)27-11-9-18-6-3-4-7-19(18)14-27/h3-4,6-7,12-13,17,20H,5,8-11,14-15H2,1-2H3,(H,26,29)/t17-,20-/m1/s1. The van der Waals surface area contributed by atoms with E-state index in [0.29, 0.717) is 49.5 Å². The van der Waals surface area contributed by atoms with Crippen molar-refractivity contribution in [1.29, 1.82) is 0 Å². The molecule has 0 radical (unpaired) electrons. The van der Waals surface area contributed by atoms with Crippen LogP contribution in [0.3, 0.4) is 0 Å². The van der Waals surface area contributed by atoms with Crippen molar-refractivity contribution in [2.75, 3.05) is 25.0 Å². The van der Waals surface area contributed by atoms with Crippen molar-refractivity contribution in [1.82, 2.24) is 9.21 Å². The zero-order valence-electron chi connectivity index (χ0n) is 19.4. The van der Waals surface area contributed by atoms with Gasteiger partial charge in [0.15, 0.2) is 6.10 Å². The molecule has 180 valence electrons. The molecule has 2 aromatic rings. The second-order valence-electron chi connectivity index (χ2n) is 9.34. The molecule has 2 aromatic carbocycles. The Morgan fingerprint density at radius 1 is 1.15 bits per heavy atom. The molecule has 3 heterocycles. The van der Waals surface area contributed by atoms with Gasteiger partial charge >= 0.3 is 0 Å². The van der Waals surface area contributed by atoms with Crippen LogP contribution in [0.5, 0.6) is 5.75 Å². The summed E-state index contributed by atoms with van der Waals surface area (Å²) in [5.74, 6) is -0.258. The Labute approximate surface area is 199 Å². The fraction of sp³-hybridized carbons (Fsp3) is 0.440. The monoisotopic (exact) mass is 483 g/mol. The van der Waals surface area contributed by atoms with E-state index in [2.05, 4.69) is 17.4 Å². The molecule has 0 aliphatic carbocycles. The fourth-order valence-corrected chi connectivity index (χ4v) is 6.81. The van der Waals surface area contributed by atoms with Gasteiger partial charge in [0.05, 0.1) is 16.5 Å². The molecule has 0 saturated carbocycles. The van der Waals surface area contributed by atoms with E-state index < -0.39 is 16.1 Å². The molecular formula is C25H29N3O5S. The van der Waals surface area contributed by atoms with Crippen LogP contribution in [0.25, 0.3) is 0 Å². The molecule has 0 unspecified atom stereocenters. The van der Waals surface area contributed by atoms with Crippen LogP contribution in [0.1, 0.15) is 36.5 Å². The van der Waals surface area contributed by atoms with Crippen LogP contribution in [-0.4, -0.2) is 55.2 Å². The number of carbonyl (C=O) groups is 2. The number of piperidine rings is 1. The summed E-state index contributed by atoms with van der Waals surface area (Å²) in [7, 11) is -3.83. The summed E-state index contributed by atoms with van der Waals surface area (Å²) in [6.07, 6.45) is 1.43. The number of benzene rings is 2. The van der Waals surface area contributed by atoms with Gasteiger partial charge in [-0.2, -0.15) is 4.31 Å². The molecule has 0 bridgehead atoms. The van der Waals surface area contributed by atoms with E-state index in [0.717, 1.165) is 12.0 Å². The zero-order valence-corrected chi connectivity index (χ0v) is 20.2. The Balaban J connectivity index is 1.35. The van der Waals surface area contributed by atoms with E-state index in [1.165, 1.54) is 15.9 Å². The van der Waals surface area contributed by atoms with Crippen molar-refractivity contribution in [3.63, 3.8) is 0 Å². The van der Waals surface area contributed by atoms with Crippen molar-refractivity contribution >= 4 is 27.5 Å². The largest absolute Gasteiger partial charge is 0.479 e. The Bertz CT molecular complexity index is 1260. The maximum atomic E-state index is 13.6. The molecule has 8 nitrogen and oxygen atoms in total. The number of nitrogens with zero attached hydrogens (tertiary/aromatic N) is 2. The third-order valence-electron chi connectivity index (χ3n) is 7.00. The first-order chi connectivity index (χ1) is 16.2. The third kappa shape index (κ3) is 4.07. The average molecular weight is 484 g/mol. The highest BCUT2D eigenvalue weighted by Crippen LogP contribution is 2.36. The Morgan fingerprint density at radius 3 is 2.71 bits per heavy atom. The van der Waals surface area contributed by atoms with Crippen LogP contribution in [0, 0.1) is 12.8 Å². The molecule has 1 fully saturated rings. The van der Waals surface area contributed by atoms with Gasteiger partial charge < -0.3 is 15.0 Å². The summed E-state index contributed by atoms with van der Waals surface area (Å²) in [6, 6.07) is 11.3. The second-order valence-corrected chi connectivity index (χ2v) is 11.3. The first kappa shape index (κ1) is 22.9. The highest BCUT2D eigenvalue weighted by Gasteiger charge is 2.37. The van der Waals surface area contributed by atoms with Crippen LogP contribution < -0.4 is 10.1 Å². The average Bonchev–Trinajstić information content (AvgIpc) is 2.84. The second kappa shape index (κ2) is 8.70. The Hall–Kier alpha value is -2.91. The summed E-state index contributed by atoms with van der Waals surface area (Å²) < 4.78 is 34.3. The number of nitrogens with one attached hydrogen (secondary N) is 1. The number of anilines is 1. The fourth-order valence-electron chi connectivity index (χ4n) is 5.06. The van der Waals surface area contributed by atoms with Crippen LogP contribution in [0.4, 0.5) is 5.69 Å². The SMILES string of the molecule is Cc1cc2c(cc1S(=O)(=O)N1CCC[C@@H](C(=O)N3CCc4ccccc4C3)C1)O[C@H](C)C(=O)N2. The quantitative estimate of drug-likeness (QED) is 0.724. The summed E-state index contributed by atoms with van der Waals surface area (Å²) in [5.41, 5.74) is 3.43. The predicted octanol–water partition coefficient (Wildman–Crippen LogP) is 2.70. The highest BCUT2D eigenvalue weighted by atomic mass is 32.2. The van der Waals surface area contributed by atoms with Crippen molar-refractivity contribution in [3.8, 4) is 5.75 Å². The van der Waals surface area contributed by atoms with E-state index in [1.807, 2.05) is 17.0 Å². The van der Waals surface area contributed by atoms with Gasteiger partial charge in [-0.15, -0.1) is 0 Å². The molecule has 1 saturated heterocycles. The van der Waals surface area contributed by atoms with Gasteiger partial charge in [0.25, 0.3) is 5.91 Å². The number of sulfonamides is 1. The van der Waals surface area contributed by atoms with E-state index in [1.54, 1.807) is 19.9 Å². The summed E-state index contributed by atoms with van der Waals surface area (Å²) >= 11 is 0. The smallest absolute Gasteiger partial charge is 0.265 e. The number of carbonyl (C=O) groups excluding carboxylic acids is 2. The van der Waals surface area contributed by atoms with Crippen LogP contribution in [0.15, 0.2) is 41.3 Å². The lowest BCUT2D eigenvalue weighted by molar-refractivity contribution is -0.137. The Kier molecular flexibility index (Phi) is 5.85. The van der Waals surface area contributed by atoms with Crippen LogP contribution in [-0.2, 0) is 32.6 Å². The van der Waals surface area contributed by atoms with Gasteiger partial charge in [0.1, 0.15) is 5.75 Å². The predicted molar refractivity (Wildman–Crippen MR) is 127 cm³/mol. The number of rotatable bonds is 3. The van der Waals surface area contributed by atoms with E-state index >= 15 is 0 Å². The molecule has 3 aliphatic heterocycles. The maximum Gasteiger partial charge on any atom is 0.265 e. The van der Waals surface area contributed by atoms with Crippen molar-refractivity contribution in [2.24, 2.45) is 5.92 Å². The lowest BCUT2D eigenvalue weighted by atomic mass is 9.95. The van der Waals surface area contributed by atoms with Gasteiger partial charge in [0, 0.05) is 32.2 Å². The highest BCUT2D eigenvalue weighted by molar-refractivity contribution is 7.89. The van der Waals surface area contributed by atoms with Crippen molar-refractivity contribution in [3.05, 3.63) is 53.1 Å². The normalized spacial score (nSPS) is 22.9. The van der Waals surface area contributed by atoms with Gasteiger partial charge in [-0.3, -0.25) is 9.59 Å². The number of ether oxygens (including phenoxy) is 1. The number of hydrogen-bond acceptors (Lipinski definition) is 5. The van der Waals surface area contributed by atoms with Gasteiger partial charge in [-0.25, -0.2) is 8.42 Å². The van der Waals surface area contributed by atoms with Crippen molar-refractivity contribution < 1.29 is 22.7 Å². The minimum absolute atomic E-state index is 0.0245. The zero-order chi connectivity index (χ0) is 24.0. The van der Waals surface area contributed by atoms with Gasteiger partial charge in [0.2, 0.25) is 15.9 Å². The summed E-state index contributed by atoms with van der Waals surface area (Å²) in [5, 5.41) is 2.75. The molecule has 3 aliphatic rings. The lowest BCUT2D eigenvalue weighted by Gasteiger charge is -2.36. The van der Waals surface area contributed by atoms with Crippen LogP contribution >= 0.6 is 0 Å². The molecule has 1 N–H and O–H groups in total.